The van der Waals surface area contributed by atoms with Crippen molar-refractivity contribution in [2.24, 2.45) is 5.41 Å². The molecule has 0 aliphatic carbocycles. The molecule has 1 aromatic carbocycles. The molecule has 2 rings (SSSR count). The molecular formula is C21H31NO4. The van der Waals surface area contributed by atoms with Crippen LogP contribution in [0.1, 0.15) is 64.5 Å². The van der Waals surface area contributed by atoms with Gasteiger partial charge in [-0.2, -0.15) is 0 Å². The quantitative estimate of drug-likeness (QED) is 0.585. The van der Waals surface area contributed by atoms with E-state index >= 15 is 0 Å². The zero-order valence-electron chi connectivity index (χ0n) is 16.6. The van der Waals surface area contributed by atoms with Crippen molar-refractivity contribution in [3.05, 3.63) is 35.4 Å². The second kappa shape index (κ2) is 8.56. The lowest BCUT2D eigenvalue weighted by Crippen LogP contribution is -2.40. The fourth-order valence-electron chi connectivity index (χ4n) is 3.44. The van der Waals surface area contributed by atoms with E-state index in [0.29, 0.717) is 19.0 Å². The second-order valence-electron chi connectivity index (χ2n) is 8.30. The van der Waals surface area contributed by atoms with Crippen molar-refractivity contribution in [1.29, 1.82) is 0 Å². The van der Waals surface area contributed by atoms with Gasteiger partial charge in [0.2, 0.25) is 6.29 Å². The Balaban J connectivity index is 1.89. The maximum Gasteiger partial charge on any atom is 0.412 e. The van der Waals surface area contributed by atoms with Gasteiger partial charge in [-0.3, -0.25) is 4.79 Å². The Labute approximate surface area is 156 Å². The summed E-state index contributed by atoms with van der Waals surface area (Å²) in [7, 11) is 0. The summed E-state index contributed by atoms with van der Waals surface area (Å²) in [5.41, 5.74) is 2.99. The van der Waals surface area contributed by atoms with E-state index in [4.69, 9.17) is 9.47 Å². The number of nitrogens with zero attached hydrogens (tertiary/aromatic N) is 1. The number of hydrogen-bond donors (Lipinski definition) is 0. The maximum absolute atomic E-state index is 12.2. The van der Waals surface area contributed by atoms with Gasteiger partial charge in [-0.1, -0.05) is 45.0 Å². The third kappa shape index (κ3) is 6.36. The van der Waals surface area contributed by atoms with Gasteiger partial charge in [-0.25, -0.2) is 4.79 Å². The van der Waals surface area contributed by atoms with Gasteiger partial charge in [0.05, 0.1) is 0 Å². The Morgan fingerprint density at radius 2 is 1.85 bits per heavy atom. The smallest absolute Gasteiger partial charge is 0.412 e. The third-order valence-corrected chi connectivity index (χ3v) is 4.51. The summed E-state index contributed by atoms with van der Waals surface area (Å²) in [6, 6.07) is 8.83. The Morgan fingerprint density at radius 1 is 1.19 bits per heavy atom. The Bertz CT molecular complexity index is 627. The van der Waals surface area contributed by atoms with Crippen LogP contribution in [-0.2, 0) is 20.7 Å². The summed E-state index contributed by atoms with van der Waals surface area (Å²) < 4.78 is 10.0. The molecule has 0 aromatic heterocycles. The Hall–Kier alpha value is -2.04. The summed E-state index contributed by atoms with van der Waals surface area (Å²) in [5, 5.41) is 0. The molecule has 5 heteroatoms. The van der Waals surface area contributed by atoms with E-state index in [1.165, 1.54) is 18.1 Å². The van der Waals surface area contributed by atoms with Crippen molar-refractivity contribution < 1.29 is 19.1 Å². The zero-order valence-corrected chi connectivity index (χ0v) is 16.6. The molecule has 1 aliphatic rings. The minimum absolute atomic E-state index is 0.268. The molecule has 1 atom stereocenters. The molecule has 0 N–H and O–H groups in total. The zero-order chi connectivity index (χ0) is 19.3. The first kappa shape index (κ1) is 20.3. The minimum Gasteiger partial charge on any atom is -0.426 e. The number of rotatable bonds is 4. The number of amides is 1. The van der Waals surface area contributed by atoms with Crippen LogP contribution in [-0.4, -0.2) is 36.3 Å². The van der Waals surface area contributed by atoms with Crippen molar-refractivity contribution >= 4 is 12.1 Å². The average Bonchev–Trinajstić information content (AvgIpc) is 2.52. The lowest BCUT2D eigenvalue weighted by molar-refractivity contribution is -0.163. The lowest BCUT2D eigenvalue weighted by Gasteiger charge is -2.32. The normalized spacial score (nSPS) is 16.9. The number of benzene rings is 1. The van der Waals surface area contributed by atoms with Crippen molar-refractivity contribution in [2.75, 3.05) is 13.1 Å². The first-order chi connectivity index (χ1) is 12.1. The van der Waals surface area contributed by atoms with Crippen LogP contribution < -0.4 is 0 Å². The molecule has 5 nitrogen and oxygen atoms in total. The van der Waals surface area contributed by atoms with Crippen molar-refractivity contribution in [3.63, 3.8) is 0 Å². The molecule has 26 heavy (non-hydrogen) atoms. The van der Waals surface area contributed by atoms with E-state index in [1.807, 2.05) is 0 Å². The van der Waals surface area contributed by atoms with Crippen LogP contribution in [0.2, 0.25) is 0 Å². The van der Waals surface area contributed by atoms with Crippen molar-refractivity contribution in [1.82, 2.24) is 4.90 Å². The van der Waals surface area contributed by atoms with E-state index in [0.717, 1.165) is 19.3 Å². The number of esters is 1. The predicted molar refractivity (Wildman–Crippen MR) is 101 cm³/mol. The van der Waals surface area contributed by atoms with E-state index in [9.17, 15) is 9.59 Å². The van der Waals surface area contributed by atoms with Crippen molar-refractivity contribution in [2.45, 2.75) is 66.1 Å². The van der Waals surface area contributed by atoms with E-state index in [-0.39, 0.29) is 5.41 Å². The molecule has 1 fully saturated rings. The van der Waals surface area contributed by atoms with Crippen LogP contribution in [0.3, 0.4) is 0 Å². The lowest BCUT2D eigenvalue weighted by atomic mass is 9.84. The fraction of sp³-hybridized carbons (Fsp3) is 0.619. The topological polar surface area (TPSA) is 55.8 Å². The second-order valence-corrected chi connectivity index (χ2v) is 8.30. The van der Waals surface area contributed by atoms with Crippen LogP contribution in [0.15, 0.2) is 24.3 Å². The molecule has 1 aromatic rings. The van der Waals surface area contributed by atoms with Crippen LogP contribution in [0.4, 0.5) is 4.79 Å². The number of carbonyl (C=O) groups is 2. The number of piperidine rings is 1. The molecule has 1 amide bonds. The molecule has 1 unspecified atom stereocenters. The SMILES string of the molecule is CC(=O)OC(C)OC(=O)N1CCC(c2cccc(CC(C)(C)C)c2)CC1. The summed E-state index contributed by atoms with van der Waals surface area (Å²) in [6.45, 7) is 10.9. The van der Waals surface area contributed by atoms with Gasteiger partial charge in [0.25, 0.3) is 0 Å². The van der Waals surface area contributed by atoms with Gasteiger partial charge in [0.1, 0.15) is 0 Å². The summed E-state index contributed by atoms with van der Waals surface area (Å²) >= 11 is 0. The first-order valence-electron chi connectivity index (χ1n) is 9.35. The van der Waals surface area contributed by atoms with Crippen LogP contribution in [0.5, 0.6) is 0 Å². The van der Waals surface area contributed by atoms with Crippen LogP contribution in [0.25, 0.3) is 0 Å². The fourth-order valence-corrected chi connectivity index (χ4v) is 3.44. The molecule has 1 aliphatic heterocycles. The summed E-state index contributed by atoms with van der Waals surface area (Å²) in [4.78, 5) is 24.7. The van der Waals surface area contributed by atoms with Gasteiger partial charge in [0, 0.05) is 26.9 Å². The van der Waals surface area contributed by atoms with E-state index in [2.05, 4.69) is 45.0 Å². The molecule has 144 valence electrons. The average molecular weight is 361 g/mol. The molecule has 1 heterocycles. The maximum atomic E-state index is 12.2. The minimum atomic E-state index is -0.855. The highest BCUT2D eigenvalue weighted by molar-refractivity contribution is 5.69. The third-order valence-electron chi connectivity index (χ3n) is 4.51. The number of ether oxygens (including phenoxy) is 2. The monoisotopic (exact) mass is 361 g/mol. The highest BCUT2D eigenvalue weighted by Gasteiger charge is 2.26. The Morgan fingerprint density at radius 3 is 2.42 bits per heavy atom. The number of carbonyl (C=O) groups excluding carboxylic acids is 2. The number of likely N-dealkylation sites (tertiary alicyclic amines) is 1. The molecule has 0 radical (unpaired) electrons. The molecule has 0 bridgehead atoms. The van der Waals surface area contributed by atoms with Gasteiger partial charge < -0.3 is 14.4 Å². The van der Waals surface area contributed by atoms with E-state index < -0.39 is 18.4 Å². The van der Waals surface area contributed by atoms with Gasteiger partial charge in [-0.15, -0.1) is 0 Å². The summed E-state index contributed by atoms with van der Waals surface area (Å²) in [6.07, 6.45) is 1.61. The first-order valence-corrected chi connectivity index (χ1v) is 9.35. The molecular weight excluding hydrogens is 330 g/mol. The van der Waals surface area contributed by atoms with Crippen LogP contribution >= 0.6 is 0 Å². The standard InChI is InChI=1S/C21H31NO4/c1-15(23)25-16(2)26-20(24)22-11-9-18(10-12-22)19-8-6-7-17(13-19)14-21(3,4)5/h6-8,13,16,18H,9-12,14H2,1-5H3. The molecule has 0 spiro atoms. The largest absolute Gasteiger partial charge is 0.426 e. The number of hydrogen-bond acceptors (Lipinski definition) is 4. The van der Waals surface area contributed by atoms with Gasteiger partial charge >= 0.3 is 12.1 Å². The molecule has 1 saturated heterocycles. The highest BCUT2D eigenvalue weighted by atomic mass is 16.7. The van der Waals surface area contributed by atoms with E-state index in [1.54, 1.807) is 11.8 Å². The summed E-state index contributed by atoms with van der Waals surface area (Å²) in [5.74, 6) is 0.00371. The van der Waals surface area contributed by atoms with Gasteiger partial charge in [-0.05, 0) is 41.7 Å². The Kier molecular flexibility index (Phi) is 6.68. The van der Waals surface area contributed by atoms with Crippen molar-refractivity contribution in [3.8, 4) is 0 Å². The predicted octanol–water partition coefficient (Wildman–Crippen LogP) is 4.50. The van der Waals surface area contributed by atoms with Gasteiger partial charge in [0.15, 0.2) is 0 Å². The molecule has 0 saturated carbocycles. The highest BCUT2D eigenvalue weighted by Crippen LogP contribution is 2.30. The van der Waals surface area contributed by atoms with Crippen LogP contribution in [0, 0.1) is 5.41 Å².